The normalized spacial score (nSPS) is 12.2. The van der Waals surface area contributed by atoms with E-state index >= 15 is 0 Å². The minimum atomic E-state index is -0.0138. The van der Waals surface area contributed by atoms with Crippen LogP contribution < -0.4 is 10.6 Å². The van der Waals surface area contributed by atoms with Crippen molar-refractivity contribution in [2.45, 2.75) is 40.2 Å². The quantitative estimate of drug-likeness (QED) is 0.788. The van der Waals surface area contributed by atoms with E-state index in [2.05, 4.69) is 55.7 Å². The maximum absolute atomic E-state index is 12.2. The van der Waals surface area contributed by atoms with Gasteiger partial charge in [0.25, 0.3) is 0 Å². The highest BCUT2D eigenvalue weighted by molar-refractivity contribution is 5.92. The van der Waals surface area contributed by atoms with E-state index < -0.39 is 0 Å². The van der Waals surface area contributed by atoms with Crippen LogP contribution in [0.3, 0.4) is 0 Å². The fourth-order valence-electron chi connectivity index (χ4n) is 2.81. The minimum absolute atomic E-state index is 0.0138. The Labute approximate surface area is 145 Å². The van der Waals surface area contributed by atoms with Crippen LogP contribution in [0.1, 0.15) is 43.5 Å². The van der Waals surface area contributed by atoms with Gasteiger partial charge in [0.1, 0.15) is 0 Å². The van der Waals surface area contributed by atoms with E-state index in [1.165, 1.54) is 11.1 Å². The second-order valence-corrected chi connectivity index (χ2v) is 6.56. The molecule has 0 saturated carbocycles. The van der Waals surface area contributed by atoms with Gasteiger partial charge in [0.2, 0.25) is 5.91 Å². The van der Waals surface area contributed by atoms with E-state index in [9.17, 15) is 4.79 Å². The zero-order chi connectivity index (χ0) is 17.5. The molecular weight excluding hydrogens is 296 g/mol. The third kappa shape index (κ3) is 4.93. The molecule has 24 heavy (non-hydrogen) atoms. The fourth-order valence-corrected chi connectivity index (χ4v) is 2.81. The smallest absolute Gasteiger partial charge is 0.238 e. The van der Waals surface area contributed by atoms with Crippen LogP contribution in [0.2, 0.25) is 0 Å². The highest BCUT2D eigenvalue weighted by atomic mass is 16.1. The van der Waals surface area contributed by atoms with Crippen LogP contribution >= 0.6 is 0 Å². The summed E-state index contributed by atoms with van der Waals surface area (Å²) in [6, 6.07) is 16.6. The van der Waals surface area contributed by atoms with Gasteiger partial charge in [0.15, 0.2) is 0 Å². The van der Waals surface area contributed by atoms with Gasteiger partial charge in [-0.05, 0) is 42.0 Å². The molecule has 1 amide bonds. The molecule has 0 heterocycles. The van der Waals surface area contributed by atoms with Gasteiger partial charge in [-0.25, -0.2) is 0 Å². The van der Waals surface area contributed by atoms with E-state index in [1.807, 2.05) is 31.2 Å². The van der Waals surface area contributed by atoms with Gasteiger partial charge in [-0.3, -0.25) is 4.79 Å². The summed E-state index contributed by atoms with van der Waals surface area (Å²) in [6.07, 6.45) is 1.04. The highest BCUT2D eigenvalue weighted by Crippen LogP contribution is 2.22. The minimum Gasteiger partial charge on any atom is -0.325 e. The van der Waals surface area contributed by atoms with E-state index in [0.29, 0.717) is 12.5 Å². The van der Waals surface area contributed by atoms with E-state index in [-0.39, 0.29) is 11.9 Å². The van der Waals surface area contributed by atoms with Crippen molar-refractivity contribution in [3.8, 4) is 0 Å². The Hall–Kier alpha value is -2.13. The fraction of sp³-hybridized carbons (Fsp3) is 0.381. The Morgan fingerprint density at radius 2 is 1.71 bits per heavy atom. The molecule has 0 saturated heterocycles. The summed E-state index contributed by atoms with van der Waals surface area (Å²) in [5.74, 6) is 0.392. The number of rotatable bonds is 7. The first-order chi connectivity index (χ1) is 11.5. The molecule has 0 spiro atoms. The number of carbonyl (C=O) groups excluding carboxylic acids is 1. The Kier molecular flexibility index (Phi) is 6.56. The molecule has 0 aromatic heterocycles. The number of benzene rings is 2. The van der Waals surface area contributed by atoms with Crippen molar-refractivity contribution in [2.24, 2.45) is 5.92 Å². The molecule has 0 unspecified atom stereocenters. The molecule has 1 atom stereocenters. The standard InChI is InChI=1S/C21H28N2O/c1-5-17-10-12-18(13-11-17)21(15(2)3)22-14-20(24)23-19-9-7-6-8-16(19)4/h6-13,15,21-22H,5,14H2,1-4H3,(H,23,24)/t21-/m1/s1. The second kappa shape index (κ2) is 8.65. The van der Waals surface area contributed by atoms with Crippen molar-refractivity contribution in [2.75, 3.05) is 11.9 Å². The van der Waals surface area contributed by atoms with Gasteiger partial charge in [-0.2, -0.15) is 0 Å². The molecule has 3 nitrogen and oxygen atoms in total. The van der Waals surface area contributed by atoms with Crippen LogP contribution in [-0.2, 0) is 11.2 Å². The predicted octanol–water partition coefficient (Wildman–Crippen LogP) is 4.48. The Morgan fingerprint density at radius 3 is 2.29 bits per heavy atom. The van der Waals surface area contributed by atoms with Crippen molar-refractivity contribution in [1.29, 1.82) is 0 Å². The Morgan fingerprint density at radius 1 is 1.04 bits per heavy atom. The first-order valence-corrected chi connectivity index (χ1v) is 8.69. The zero-order valence-electron chi connectivity index (χ0n) is 15.1. The molecule has 2 N–H and O–H groups in total. The predicted molar refractivity (Wildman–Crippen MR) is 101 cm³/mol. The first-order valence-electron chi connectivity index (χ1n) is 8.69. The first kappa shape index (κ1) is 18.2. The van der Waals surface area contributed by atoms with Gasteiger partial charge < -0.3 is 10.6 Å². The van der Waals surface area contributed by atoms with Gasteiger partial charge in [0.05, 0.1) is 6.54 Å². The van der Waals surface area contributed by atoms with Gasteiger partial charge in [-0.15, -0.1) is 0 Å². The molecule has 2 rings (SSSR count). The molecule has 0 radical (unpaired) electrons. The van der Waals surface area contributed by atoms with Gasteiger partial charge >= 0.3 is 0 Å². The Balaban J connectivity index is 1.98. The van der Waals surface area contributed by atoms with E-state index in [0.717, 1.165) is 17.7 Å². The van der Waals surface area contributed by atoms with Crippen LogP contribution in [0.5, 0.6) is 0 Å². The lowest BCUT2D eigenvalue weighted by molar-refractivity contribution is -0.115. The highest BCUT2D eigenvalue weighted by Gasteiger charge is 2.16. The number of amides is 1. The van der Waals surface area contributed by atoms with Crippen LogP contribution in [0.4, 0.5) is 5.69 Å². The van der Waals surface area contributed by atoms with Crippen molar-refractivity contribution in [3.05, 3.63) is 65.2 Å². The topological polar surface area (TPSA) is 41.1 Å². The summed E-state index contributed by atoms with van der Waals surface area (Å²) >= 11 is 0. The number of carbonyl (C=O) groups is 1. The second-order valence-electron chi connectivity index (χ2n) is 6.56. The number of para-hydroxylation sites is 1. The van der Waals surface area contributed by atoms with Crippen LogP contribution in [0.25, 0.3) is 0 Å². The van der Waals surface area contributed by atoms with Crippen molar-refractivity contribution >= 4 is 11.6 Å². The van der Waals surface area contributed by atoms with Crippen molar-refractivity contribution < 1.29 is 4.79 Å². The molecule has 0 aliphatic carbocycles. The molecule has 0 fully saturated rings. The molecule has 2 aromatic carbocycles. The van der Waals surface area contributed by atoms with Crippen LogP contribution in [-0.4, -0.2) is 12.5 Å². The average molecular weight is 324 g/mol. The molecule has 2 aromatic rings. The van der Waals surface area contributed by atoms with Crippen LogP contribution in [0.15, 0.2) is 48.5 Å². The summed E-state index contributed by atoms with van der Waals surface area (Å²) in [4.78, 5) is 12.2. The largest absolute Gasteiger partial charge is 0.325 e. The summed E-state index contributed by atoms with van der Waals surface area (Å²) in [6.45, 7) is 8.79. The molecule has 0 aliphatic rings. The molecule has 128 valence electrons. The summed E-state index contributed by atoms with van der Waals surface area (Å²) in [5.41, 5.74) is 4.50. The van der Waals surface area contributed by atoms with Gasteiger partial charge in [-0.1, -0.05) is 63.2 Å². The summed E-state index contributed by atoms with van der Waals surface area (Å²) in [7, 11) is 0. The van der Waals surface area contributed by atoms with Gasteiger partial charge in [0, 0.05) is 11.7 Å². The number of hydrogen-bond donors (Lipinski definition) is 2. The summed E-state index contributed by atoms with van der Waals surface area (Å²) in [5, 5.41) is 6.37. The third-order valence-electron chi connectivity index (χ3n) is 4.32. The van der Waals surface area contributed by atoms with Crippen molar-refractivity contribution in [1.82, 2.24) is 5.32 Å². The number of anilines is 1. The number of hydrogen-bond acceptors (Lipinski definition) is 2. The summed E-state index contributed by atoms with van der Waals surface area (Å²) < 4.78 is 0. The number of aryl methyl sites for hydroxylation is 2. The monoisotopic (exact) mass is 324 g/mol. The lowest BCUT2D eigenvalue weighted by atomic mass is 9.95. The Bertz CT molecular complexity index is 662. The molecule has 0 aliphatic heterocycles. The SMILES string of the molecule is CCc1ccc([C@H](NCC(=O)Nc2ccccc2C)C(C)C)cc1. The molecular formula is C21H28N2O. The van der Waals surface area contributed by atoms with Crippen molar-refractivity contribution in [3.63, 3.8) is 0 Å². The lowest BCUT2D eigenvalue weighted by Gasteiger charge is -2.23. The average Bonchev–Trinajstić information content (AvgIpc) is 2.57. The van der Waals surface area contributed by atoms with Crippen LogP contribution in [0, 0.1) is 12.8 Å². The molecule has 0 bridgehead atoms. The molecule has 3 heteroatoms. The maximum atomic E-state index is 12.2. The lowest BCUT2D eigenvalue weighted by Crippen LogP contribution is -2.33. The third-order valence-corrected chi connectivity index (χ3v) is 4.32. The maximum Gasteiger partial charge on any atom is 0.238 e. The number of nitrogens with one attached hydrogen (secondary N) is 2. The zero-order valence-corrected chi connectivity index (χ0v) is 15.1. The van der Waals surface area contributed by atoms with E-state index in [4.69, 9.17) is 0 Å². The van der Waals surface area contributed by atoms with E-state index in [1.54, 1.807) is 0 Å².